The van der Waals surface area contributed by atoms with Crippen molar-refractivity contribution in [2.24, 2.45) is 52.3 Å². The van der Waals surface area contributed by atoms with Gasteiger partial charge < -0.3 is 0 Å². The summed E-state index contributed by atoms with van der Waals surface area (Å²) in [6.07, 6.45) is 15.0. The summed E-state index contributed by atoms with van der Waals surface area (Å²) in [5, 5.41) is 0.202. The van der Waals surface area contributed by atoms with Gasteiger partial charge in [0.25, 0.3) is 0 Å². The summed E-state index contributed by atoms with van der Waals surface area (Å²) >= 11 is 0. The summed E-state index contributed by atoms with van der Waals surface area (Å²) < 4.78 is 33.7. The summed E-state index contributed by atoms with van der Waals surface area (Å²) in [4.78, 5) is 0. The molecule has 208 valence electrons. The van der Waals surface area contributed by atoms with Crippen molar-refractivity contribution in [1.29, 1.82) is 0 Å². The Bertz CT molecular complexity index is 964. The minimum atomic E-state index is -4.27. The first-order valence-corrected chi connectivity index (χ1v) is 17.1. The van der Waals surface area contributed by atoms with E-state index < -0.39 is 7.68 Å². The van der Waals surface area contributed by atoms with Crippen molar-refractivity contribution in [3.05, 3.63) is 30.3 Å². The van der Waals surface area contributed by atoms with E-state index in [1.54, 1.807) is 24.3 Å². The quantitative estimate of drug-likeness (QED) is 0.313. The third-order valence-corrected chi connectivity index (χ3v) is 13.7. The molecule has 0 radical (unpaired) electrons. The molecule has 4 fully saturated rings. The second kappa shape index (κ2) is 10.7. The van der Waals surface area contributed by atoms with Crippen LogP contribution in [0, 0.1) is 52.3 Å². The smallest absolute Gasteiger partial charge is 0.299 e. The van der Waals surface area contributed by atoms with E-state index in [1.807, 2.05) is 6.07 Å². The molecule has 0 aromatic heterocycles. The average Bonchev–Trinajstić information content (AvgIpc) is 3.22. The van der Waals surface area contributed by atoms with Gasteiger partial charge in [-0.2, -0.15) is 4.20 Å². The van der Waals surface area contributed by atoms with Crippen LogP contribution in [0.4, 0.5) is 4.20 Å². The molecule has 0 amide bonds. The maximum Gasteiger partial charge on any atom is 0.397 e. The van der Waals surface area contributed by atoms with Crippen molar-refractivity contribution >= 4 is 13.0 Å². The highest BCUT2D eigenvalue weighted by Crippen LogP contribution is 2.69. The van der Waals surface area contributed by atoms with Gasteiger partial charge in [0.15, 0.2) is 0 Å². The monoisotopic (exact) mass is 530 g/mol. The van der Waals surface area contributed by atoms with Crippen LogP contribution in [0.25, 0.3) is 0 Å². The van der Waals surface area contributed by atoms with Crippen molar-refractivity contribution in [3.63, 3.8) is 0 Å². The molecule has 1 aromatic carbocycles. The molecule has 0 bridgehead atoms. The fourth-order valence-corrected chi connectivity index (χ4v) is 11.4. The summed E-state index contributed by atoms with van der Waals surface area (Å²) in [6, 6.07) is 8.49. The number of hydrogen-bond acceptors (Lipinski definition) is 2. The van der Waals surface area contributed by atoms with Gasteiger partial charge in [0.2, 0.25) is 0 Å². The zero-order valence-corrected chi connectivity index (χ0v) is 25.0. The second-order valence-electron chi connectivity index (χ2n) is 14.5. The molecule has 4 aliphatic carbocycles. The van der Waals surface area contributed by atoms with E-state index in [2.05, 4.69) is 34.6 Å². The fourth-order valence-electron chi connectivity index (χ4n) is 10.2. The summed E-state index contributed by atoms with van der Waals surface area (Å²) in [5.41, 5.74) is 0.858. The van der Waals surface area contributed by atoms with Gasteiger partial charge in [0.1, 0.15) is 0 Å². The van der Waals surface area contributed by atoms with Gasteiger partial charge in [0, 0.05) is 0 Å². The lowest BCUT2D eigenvalue weighted by Gasteiger charge is -2.61. The first kappa shape index (κ1) is 27.9. The highest BCUT2D eigenvalue weighted by atomic mass is 31.2. The van der Waals surface area contributed by atoms with E-state index in [4.69, 9.17) is 4.52 Å². The minimum absolute atomic E-state index is 0.202. The van der Waals surface area contributed by atoms with Crippen LogP contribution < -0.4 is 5.30 Å². The van der Waals surface area contributed by atoms with Crippen LogP contribution in [-0.2, 0) is 9.09 Å². The number of rotatable bonds is 8. The van der Waals surface area contributed by atoms with Crippen molar-refractivity contribution in [3.8, 4) is 0 Å². The number of halogens is 1. The molecule has 10 atom stereocenters. The topological polar surface area (TPSA) is 26.3 Å². The van der Waals surface area contributed by atoms with Crippen molar-refractivity contribution in [2.45, 2.75) is 118 Å². The molecule has 0 N–H and O–H groups in total. The Labute approximate surface area is 226 Å². The highest BCUT2D eigenvalue weighted by molar-refractivity contribution is 7.61. The highest BCUT2D eigenvalue weighted by Gasteiger charge is 2.60. The molecule has 2 nitrogen and oxygen atoms in total. The average molecular weight is 531 g/mol. The summed E-state index contributed by atoms with van der Waals surface area (Å²) in [7, 11) is -4.27. The molecule has 1 unspecified atom stereocenters. The SMILES string of the molecule is CC(C)CCC[C@@H](C)[C@H]1CC[C@H]2[C@@H]3CC[C@H]4C[C@@H](OP(=O)(F)c5ccccc5)CC[C@]4(C)[C@H]3CC[C@]12C. The summed E-state index contributed by atoms with van der Waals surface area (Å²) in [5.74, 6) is 5.69. The standard InChI is InChI=1S/C33H52FO2P/c1-23(2)10-9-11-24(3)29-16-17-30-28-15-14-25-22-26(36-37(34,35)27-12-7-6-8-13-27)18-20-32(25,4)31(28)19-21-33(29,30)5/h6-8,12-13,23-26,28-31H,9-11,14-22H2,1-5H3/t24-,25+,26+,28+,29-,30+,31+,32+,33-,37?/m1/s1. The van der Waals surface area contributed by atoms with Crippen molar-refractivity contribution in [1.82, 2.24) is 0 Å². The van der Waals surface area contributed by atoms with Crippen LogP contribution in [0.3, 0.4) is 0 Å². The van der Waals surface area contributed by atoms with E-state index in [1.165, 1.54) is 57.8 Å². The predicted octanol–water partition coefficient (Wildman–Crippen LogP) is 9.98. The molecular weight excluding hydrogens is 478 g/mol. The van der Waals surface area contributed by atoms with Gasteiger partial charge >= 0.3 is 7.68 Å². The van der Waals surface area contributed by atoms with E-state index in [-0.39, 0.29) is 11.4 Å². The lowest BCUT2D eigenvalue weighted by atomic mass is 9.44. The van der Waals surface area contributed by atoms with Gasteiger partial charge in [-0.05, 0) is 122 Å². The van der Waals surface area contributed by atoms with Gasteiger partial charge in [-0.3, -0.25) is 4.52 Å². The maximum absolute atomic E-state index is 15.1. The molecule has 4 aliphatic rings. The molecule has 0 spiro atoms. The predicted molar refractivity (Wildman–Crippen MR) is 153 cm³/mol. The third-order valence-electron chi connectivity index (χ3n) is 12.2. The molecule has 0 aliphatic heterocycles. The zero-order chi connectivity index (χ0) is 26.4. The first-order valence-electron chi connectivity index (χ1n) is 15.6. The second-order valence-corrected chi connectivity index (χ2v) is 16.2. The third kappa shape index (κ3) is 5.27. The number of hydrogen-bond donors (Lipinski definition) is 0. The van der Waals surface area contributed by atoms with Crippen LogP contribution in [-0.4, -0.2) is 6.10 Å². The van der Waals surface area contributed by atoms with Crippen LogP contribution >= 0.6 is 7.68 Å². The minimum Gasteiger partial charge on any atom is -0.299 e. The van der Waals surface area contributed by atoms with Gasteiger partial charge in [-0.15, -0.1) is 0 Å². The van der Waals surface area contributed by atoms with Crippen LogP contribution in [0.5, 0.6) is 0 Å². The molecule has 1 aromatic rings. The number of benzene rings is 1. The Hall–Kier alpha value is -0.660. The van der Waals surface area contributed by atoms with E-state index in [0.717, 1.165) is 54.8 Å². The lowest BCUT2D eigenvalue weighted by molar-refractivity contribution is -0.127. The molecule has 4 saturated carbocycles. The first-order chi connectivity index (χ1) is 17.5. The Balaban J connectivity index is 1.24. The van der Waals surface area contributed by atoms with Crippen molar-refractivity contribution < 1.29 is 13.3 Å². The normalized spacial score (nSPS) is 41.9. The maximum atomic E-state index is 15.1. The molecule has 0 saturated heterocycles. The molecule has 4 heteroatoms. The number of fused-ring (bicyclic) bond motifs is 5. The molecular formula is C33H52FO2P. The fraction of sp³-hybridized carbons (Fsp3) is 0.818. The van der Waals surface area contributed by atoms with Crippen molar-refractivity contribution in [2.75, 3.05) is 0 Å². The zero-order valence-electron chi connectivity index (χ0n) is 24.1. The van der Waals surface area contributed by atoms with Gasteiger partial charge in [0.05, 0.1) is 11.4 Å². The van der Waals surface area contributed by atoms with Crippen LogP contribution in [0.1, 0.15) is 112 Å². The van der Waals surface area contributed by atoms with Crippen LogP contribution in [0.2, 0.25) is 0 Å². The Morgan fingerprint density at radius 2 is 1.62 bits per heavy atom. The molecule has 0 heterocycles. The Morgan fingerprint density at radius 1 is 0.919 bits per heavy atom. The largest absolute Gasteiger partial charge is 0.397 e. The summed E-state index contributed by atoms with van der Waals surface area (Å²) in [6.45, 7) is 12.5. The van der Waals surface area contributed by atoms with Gasteiger partial charge in [-0.25, -0.2) is 4.57 Å². The lowest BCUT2D eigenvalue weighted by Crippen LogP contribution is -2.54. The molecule has 37 heavy (non-hydrogen) atoms. The van der Waals surface area contributed by atoms with Crippen LogP contribution in [0.15, 0.2) is 30.3 Å². The molecule has 5 rings (SSSR count). The Kier molecular flexibility index (Phi) is 8.08. The van der Waals surface area contributed by atoms with E-state index in [0.29, 0.717) is 16.7 Å². The van der Waals surface area contributed by atoms with E-state index in [9.17, 15) is 4.57 Å². The van der Waals surface area contributed by atoms with E-state index >= 15 is 4.20 Å². The Morgan fingerprint density at radius 3 is 2.35 bits per heavy atom. The van der Waals surface area contributed by atoms with Gasteiger partial charge in [-0.1, -0.05) is 72.1 Å².